The summed E-state index contributed by atoms with van der Waals surface area (Å²) in [6.07, 6.45) is 13.2. The van der Waals surface area contributed by atoms with Crippen molar-refractivity contribution in [1.29, 1.82) is 0 Å². The lowest BCUT2D eigenvalue weighted by Crippen LogP contribution is -2.35. The average molecular weight is 295 g/mol. The van der Waals surface area contributed by atoms with Crippen molar-refractivity contribution >= 4 is 5.91 Å². The van der Waals surface area contributed by atoms with Crippen LogP contribution in [0.5, 0.6) is 0 Å². The van der Waals surface area contributed by atoms with E-state index in [1.54, 1.807) is 14.2 Å². The lowest BCUT2D eigenvalue weighted by atomic mass is 9.68. The number of carbonyl (C=O) groups excluding carboxylic acids is 1. The first-order valence-electron chi connectivity index (χ1n) is 8.97. The Hall–Kier alpha value is -0.570. The van der Waals surface area contributed by atoms with Crippen LogP contribution in [0.4, 0.5) is 0 Å². The summed E-state index contributed by atoms with van der Waals surface area (Å²) < 4.78 is 0. The zero-order valence-electron chi connectivity index (χ0n) is 14.1. The van der Waals surface area contributed by atoms with E-state index in [0.717, 1.165) is 30.6 Å². The molecule has 0 spiro atoms. The van der Waals surface area contributed by atoms with Crippen molar-refractivity contribution in [3.8, 4) is 0 Å². The molecule has 0 saturated heterocycles. The maximum absolute atomic E-state index is 12.1. The topological polar surface area (TPSA) is 29.5 Å². The van der Waals surface area contributed by atoms with Gasteiger partial charge < -0.3 is 0 Å². The van der Waals surface area contributed by atoms with E-state index in [-0.39, 0.29) is 11.8 Å². The van der Waals surface area contributed by atoms with Crippen molar-refractivity contribution in [3.63, 3.8) is 0 Å². The Labute approximate surface area is 130 Å². The predicted octanol–water partition coefficient (Wildman–Crippen LogP) is 4.42. The van der Waals surface area contributed by atoms with Gasteiger partial charge in [-0.1, -0.05) is 32.6 Å². The molecule has 3 heteroatoms. The molecule has 122 valence electrons. The predicted molar refractivity (Wildman–Crippen MR) is 85.6 cm³/mol. The van der Waals surface area contributed by atoms with Crippen LogP contribution in [0.15, 0.2) is 0 Å². The first-order valence-corrected chi connectivity index (χ1v) is 8.97. The summed E-state index contributed by atoms with van der Waals surface area (Å²) in [6, 6.07) is 0. The molecule has 3 nitrogen and oxygen atoms in total. The third kappa shape index (κ3) is 4.45. The Kier molecular flexibility index (Phi) is 6.53. The second kappa shape index (κ2) is 8.17. The molecule has 0 aliphatic heterocycles. The smallest absolute Gasteiger partial charge is 0.248 e. The fourth-order valence-corrected chi connectivity index (χ4v) is 4.54. The molecule has 0 radical (unpaired) electrons. The van der Waals surface area contributed by atoms with Gasteiger partial charge in [0.25, 0.3) is 0 Å². The van der Waals surface area contributed by atoms with Crippen LogP contribution in [0.25, 0.3) is 0 Å². The van der Waals surface area contributed by atoms with E-state index in [4.69, 9.17) is 4.84 Å². The maximum atomic E-state index is 12.1. The Morgan fingerprint density at radius 1 is 1.00 bits per heavy atom. The maximum Gasteiger partial charge on any atom is 0.248 e. The lowest BCUT2D eigenvalue weighted by molar-refractivity contribution is -0.174. The number of hydrogen-bond acceptors (Lipinski definition) is 2. The molecular weight excluding hydrogens is 262 g/mol. The third-order valence-electron chi connectivity index (χ3n) is 5.96. The number of hydrogen-bond donors (Lipinski definition) is 0. The lowest BCUT2D eigenvalue weighted by Gasteiger charge is -2.38. The number of amides is 1. The highest BCUT2D eigenvalue weighted by molar-refractivity contribution is 5.77. The summed E-state index contributed by atoms with van der Waals surface area (Å²) in [7, 11) is 3.29. The highest BCUT2D eigenvalue weighted by Gasteiger charge is 2.33. The molecule has 0 unspecified atom stereocenters. The first kappa shape index (κ1) is 16.8. The Morgan fingerprint density at radius 2 is 1.52 bits per heavy atom. The largest absolute Gasteiger partial charge is 0.275 e. The number of hydroxylamine groups is 2. The molecule has 2 saturated carbocycles. The highest BCUT2D eigenvalue weighted by Crippen LogP contribution is 2.42. The fraction of sp³-hybridized carbons (Fsp3) is 0.944. The molecule has 0 aromatic rings. The van der Waals surface area contributed by atoms with Gasteiger partial charge in [-0.15, -0.1) is 0 Å². The molecule has 0 bridgehead atoms. The molecule has 2 aliphatic rings. The van der Waals surface area contributed by atoms with E-state index in [1.807, 2.05) is 0 Å². The van der Waals surface area contributed by atoms with E-state index in [9.17, 15) is 4.79 Å². The summed E-state index contributed by atoms with van der Waals surface area (Å²) in [4.78, 5) is 17.2. The van der Waals surface area contributed by atoms with E-state index in [2.05, 4.69) is 6.92 Å². The van der Waals surface area contributed by atoms with Crippen LogP contribution >= 0.6 is 0 Å². The molecule has 2 fully saturated rings. The molecule has 2 aliphatic carbocycles. The number of rotatable bonds is 5. The summed E-state index contributed by atoms with van der Waals surface area (Å²) in [5.74, 6) is 3.18. The van der Waals surface area contributed by atoms with Crippen molar-refractivity contribution in [1.82, 2.24) is 5.06 Å². The van der Waals surface area contributed by atoms with Gasteiger partial charge in [0.1, 0.15) is 0 Å². The van der Waals surface area contributed by atoms with Gasteiger partial charge in [-0.25, -0.2) is 5.06 Å². The molecule has 0 aromatic carbocycles. The molecule has 0 aromatic heterocycles. The standard InChI is InChI=1S/C18H33NO2/c1-4-5-14-6-8-15(9-7-14)16-10-12-17(13-11-16)18(20)19(2)21-3/h14-17H,4-13H2,1-3H3. The molecule has 0 heterocycles. The van der Waals surface area contributed by atoms with E-state index >= 15 is 0 Å². The van der Waals surface area contributed by atoms with Crippen LogP contribution < -0.4 is 0 Å². The minimum Gasteiger partial charge on any atom is -0.275 e. The van der Waals surface area contributed by atoms with Crippen LogP contribution in [0, 0.1) is 23.7 Å². The summed E-state index contributed by atoms with van der Waals surface area (Å²) in [5, 5.41) is 1.40. The van der Waals surface area contributed by atoms with Crippen molar-refractivity contribution in [2.75, 3.05) is 14.2 Å². The van der Waals surface area contributed by atoms with Crippen molar-refractivity contribution < 1.29 is 9.63 Å². The van der Waals surface area contributed by atoms with Gasteiger partial charge in [0.15, 0.2) is 0 Å². The first-order chi connectivity index (χ1) is 10.2. The highest BCUT2D eigenvalue weighted by atomic mass is 16.7. The Balaban J connectivity index is 1.73. The van der Waals surface area contributed by atoms with Gasteiger partial charge in [0.05, 0.1) is 7.11 Å². The van der Waals surface area contributed by atoms with Crippen LogP contribution in [0.2, 0.25) is 0 Å². The summed E-state index contributed by atoms with van der Waals surface area (Å²) >= 11 is 0. The van der Waals surface area contributed by atoms with Gasteiger partial charge in [-0.2, -0.15) is 0 Å². The molecular formula is C18H33NO2. The average Bonchev–Trinajstić information content (AvgIpc) is 2.54. The second-order valence-corrected chi connectivity index (χ2v) is 7.20. The van der Waals surface area contributed by atoms with Crippen LogP contribution in [-0.2, 0) is 9.63 Å². The van der Waals surface area contributed by atoms with Crippen molar-refractivity contribution in [2.24, 2.45) is 23.7 Å². The quantitative estimate of drug-likeness (QED) is 0.703. The Bertz CT molecular complexity index is 315. The van der Waals surface area contributed by atoms with E-state index in [1.165, 1.54) is 56.4 Å². The van der Waals surface area contributed by atoms with Crippen molar-refractivity contribution in [3.05, 3.63) is 0 Å². The third-order valence-corrected chi connectivity index (χ3v) is 5.96. The van der Waals surface area contributed by atoms with E-state index in [0.29, 0.717) is 0 Å². The second-order valence-electron chi connectivity index (χ2n) is 7.20. The Morgan fingerprint density at radius 3 is 2.00 bits per heavy atom. The van der Waals surface area contributed by atoms with Crippen molar-refractivity contribution in [2.45, 2.75) is 71.1 Å². The van der Waals surface area contributed by atoms with Gasteiger partial charge in [-0.3, -0.25) is 9.63 Å². The van der Waals surface area contributed by atoms with Crippen LogP contribution in [-0.4, -0.2) is 25.1 Å². The van der Waals surface area contributed by atoms with Gasteiger partial charge in [0, 0.05) is 13.0 Å². The molecule has 2 rings (SSSR count). The summed E-state index contributed by atoms with van der Waals surface area (Å²) in [5.41, 5.74) is 0. The van der Waals surface area contributed by atoms with Gasteiger partial charge in [-0.05, 0) is 56.3 Å². The van der Waals surface area contributed by atoms with Gasteiger partial charge >= 0.3 is 0 Å². The SMILES string of the molecule is CCCC1CCC(C2CCC(C(=O)N(C)OC)CC2)CC1. The fourth-order valence-electron chi connectivity index (χ4n) is 4.54. The zero-order valence-corrected chi connectivity index (χ0v) is 14.1. The molecule has 0 atom stereocenters. The van der Waals surface area contributed by atoms with Gasteiger partial charge in [0.2, 0.25) is 5.91 Å². The minimum absolute atomic E-state index is 0.169. The monoisotopic (exact) mass is 295 g/mol. The zero-order chi connectivity index (χ0) is 15.2. The van der Waals surface area contributed by atoms with Crippen LogP contribution in [0.3, 0.4) is 0 Å². The van der Waals surface area contributed by atoms with E-state index < -0.39 is 0 Å². The number of carbonyl (C=O) groups is 1. The number of nitrogens with zero attached hydrogens (tertiary/aromatic N) is 1. The molecule has 0 N–H and O–H groups in total. The minimum atomic E-state index is 0.169. The molecule has 1 amide bonds. The molecule has 21 heavy (non-hydrogen) atoms. The normalized spacial score (nSPS) is 33.7. The summed E-state index contributed by atoms with van der Waals surface area (Å²) in [6.45, 7) is 2.31. The van der Waals surface area contributed by atoms with Crippen LogP contribution in [0.1, 0.15) is 71.1 Å².